The van der Waals surface area contributed by atoms with Crippen molar-refractivity contribution in [2.75, 3.05) is 33.8 Å². The van der Waals surface area contributed by atoms with Crippen LogP contribution in [-0.4, -0.2) is 50.6 Å². The third-order valence-electron chi connectivity index (χ3n) is 3.21. The predicted octanol–water partition coefficient (Wildman–Crippen LogP) is 0.398. The molecule has 0 atom stereocenters. The van der Waals surface area contributed by atoms with Gasteiger partial charge in [-0.15, -0.1) is 0 Å². The summed E-state index contributed by atoms with van der Waals surface area (Å²) >= 11 is 0. The van der Waals surface area contributed by atoms with Gasteiger partial charge >= 0.3 is 5.97 Å². The molecule has 0 saturated carbocycles. The molecule has 5 heteroatoms. The van der Waals surface area contributed by atoms with Gasteiger partial charge in [0.25, 0.3) is 0 Å². The van der Waals surface area contributed by atoms with Crippen LogP contribution in [0.15, 0.2) is 0 Å². The smallest absolute Gasteiger partial charge is 0.306 e. The van der Waals surface area contributed by atoms with E-state index in [2.05, 4.69) is 22.0 Å². The number of amides is 1. The van der Waals surface area contributed by atoms with Crippen LogP contribution in [-0.2, 0) is 14.3 Å². The van der Waals surface area contributed by atoms with Crippen molar-refractivity contribution in [2.45, 2.75) is 25.7 Å². The van der Waals surface area contributed by atoms with Crippen LogP contribution >= 0.6 is 0 Å². The van der Waals surface area contributed by atoms with Crippen LogP contribution in [0.25, 0.3) is 0 Å². The Morgan fingerprint density at radius 1 is 1.29 bits per heavy atom. The summed E-state index contributed by atoms with van der Waals surface area (Å²) in [6.45, 7) is 2.93. The van der Waals surface area contributed by atoms with Crippen molar-refractivity contribution in [2.24, 2.45) is 5.92 Å². The van der Waals surface area contributed by atoms with Gasteiger partial charge in [-0.3, -0.25) is 9.59 Å². The van der Waals surface area contributed by atoms with Gasteiger partial charge in [-0.25, -0.2) is 0 Å². The lowest BCUT2D eigenvalue weighted by atomic mass is 9.97. The van der Waals surface area contributed by atoms with Crippen molar-refractivity contribution >= 4 is 11.9 Å². The lowest BCUT2D eigenvalue weighted by Crippen LogP contribution is -2.36. The van der Waals surface area contributed by atoms with E-state index in [-0.39, 0.29) is 24.7 Å². The standard InChI is InChI=1S/C12H22N2O3/c1-14-7-5-10(6-8-14)9-13-11(15)3-4-12(16)17-2/h10H,3-9H2,1-2H3,(H,13,15). The molecule has 1 aliphatic rings. The van der Waals surface area contributed by atoms with Crippen LogP contribution in [0.5, 0.6) is 0 Å². The van der Waals surface area contributed by atoms with Crippen molar-refractivity contribution in [1.82, 2.24) is 10.2 Å². The summed E-state index contributed by atoms with van der Waals surface area (Å²) in [5.41, 5.74) is 0. The first kappa shape index (κ1) is 14.0. The molecule has 1 rings (SSSR count). The molecule has 5 nitrogen and oxygen atoms in total. The number of hydrogen-bond donors (Lipinski definition) is 1. The summed E-state index contributed by atoms with van der Waals surface area (Å²) in [5.74, 6) is 0.182. The van der Waals surface area contributed by atoms with Crippen molar-refractivity contribution < 1.29 is 14.3 Å². The van der Waals surface area contributed by atoms with Gasteiger partial charge < -0.3 is 15.0 Å². The SMILES string of the molecule is COC(=O)CCC(=O)NCC1CCN(C)CC1. The Labute approximate surface area is 102 Å². The number of hydrogen-bond acceptors (Lipinski definition) is 4. The highest BCUT2D eigenvalue weighted by Gasteiger charge is 2.17. The summed E-state index contributed by atoms with van der Waals surface area (Å²) in [6.07, 6.45) is 2.65. The molecular formula is C12H22N2O3. The molecule has 1 N–H and O–H groups in total. The molecule has 0 bridgehead atoms. The molecule has 1 saturated heterocycles. The predicted molar refractivity (Wildman–Crippen MR) is 64.5 cm³/mol. The van der Waals surface area contributed by atoms with Crippen molar-refractivity contribution in [3.05, 3.63) is 0 Å². The first-order valence-electron chi connectivity index (χ1n) is 6.14. The number of likely N-dealkylation sites (tertiary alicyclic amines) is 1. The number of ether oxygens (including phenoxy) is 1. The zero-order valence-electron chi connectivity index (χ0n) is 10.7. The Morgan fingerprint density at radius 2 is 1.94 bits per heavy atom. The Bertz CT molecular complexity index is 260. The third kappa shape index (κ3) is 5.68. The van der Waals surface area contributed by atoms with Crippen LogP contribution in [0.1, 0.15) is 25.7 Å². The van der Waals surface area contributed by atoms with Crippen molar-refractivity contribution in [1.29, 1.82) is 0 Å². The van der Waals surface area contributed by atoms with E-state index in [1.54, 1.807) is 0 Å². The molecule has 0 aromatic heterocycles. The number of carbonyl (C=O) groups is 2. The summed E-state index contributed by atoms with van der Waals surface area (Å²) in [4.78, 5) is 24.6. The molecule has 1 heterocycles. The molecule has 1 amide bonds. The molecule has 1 aliphatic heterocycles. The molecule has 0 aromatic carbocycles. The van der Waals surface area contributed by atoms with E-state index < -0.39 is 0 Å². The number of methoxy groups -OCH3 is 1. The summed E-state index contributed by atoms with van der Waals surface area (Å²) in [5, 5.41) is 2.88. The van der Waals surface area contributed by atoms with Crippen LogP contribution in [0.2, 0.25) is 0 Å². The minimum Gasteiger partial charge on any atom is -0.469 e. The fourth-order valence-electron chi connectivity index (χ4n) is 1.93. The second-order valence-corrected chi connectivity index (χ2v) is 4.63. The zero-order valence-corrected chi connectivity index (χ0v) is 10.7. The van der Waals surface area contributed by atoms with E-state index >= 15 is 0 Å². The number of rotatable bonds is 5. The summed E-state index contributed by atoms with van der Waals surface area (Å²) in [6, 6.07) is 0. The van der Waals surface area contributed by atoms with E-state index in [0.29, 0.717) is 5.92 Å². The molecule has 0 aromatic rings. The maximum absolute atomic E-state index is 11.4. The lowest BCUT2D eigenvalue weighted by molar-refractivity contribution is -0.142. The molecule has 1 fully saturated rings. The van der Waals surface area contributed by atoms with Gasteiger partial charge in [0.1, 0.15) is 0 Å². The Kier molecular flexibility index (Phi) is 5.97. The highest BCUT2D eigenvalue weighted by atomic mass is 16.5. The summed E-state index contributed by atoms with van der Waals surface area (Å²) in [7, 11) is 3.45. The minimum absolute atomic E-state index is 0.0608. The van der Waals surface area contributed by atoms with E-state index in [9.17, 15) is 9.59 Å². The van der Waals surface area contributed by atoms with Gasteiger partial charge in [0.05, 0.1) is 13.5 Å². The van der Waals surface area contributed by atoms with Gasteiger partial charge in [0.2, 0.25) is 5.91 Å². The maximum atomic E-state index is 11.4. The Hall–Kier alpha value is -1.10. The second kappa shape index (κ2) is 7.27. The largest absolute Gasteiger partial charge is 0.469 e. The normalized spacial score (nSPS) is 17.8. The third-order valence-corrected chi connectivity index (χ3v) is 3.21. The van der Waals surface area contributed by atoms with Gasteiger partial charge in [0.15, 0.2) is 0 Å². The number of nitrogens with zero attached hydrogens (tertiary/aromatic N) is 1. The number of nitrogens with one attached hydrogen (secondary N) is 1. The maximum Gasteiger partial charge on any atom is 0.306 e. The fraction of sp³-hybridized carbons (Fsp3) is 0.833. The van der Waals surface area contributed by atoms with Gasteiger partial charge in [0, 0.05) is 13.0 Å². The minimum atomic E-state index is -0.334. The van der Waals surface area contributed by atoms with Crippen LogP contribution in [0.4, 0.5) is 0 Å². The van der Waals surface area contributed by atoms with Gasteiger partial charge in [-0.1, -0.05) is 0 Å². The van der Waals surface area contributed by atoms with Crippen LogP contribution in [0, 0.1) is 5.92 Å². The molecule has 0 radical (unpaired) electrons. The average molecular weight is 242 g/mol. The molecule has 0 spiro atoms. The second-order valence-electron chi connectivity index (χ2n) is 4.63. The van der Waals surface area contributed by atoms with E-state index in [1.807, 2.05) is 0 Å². The molecule has 98 valence electrons. The zero-order chi connectivity index (χ0) is 12.7. The molecule has 0 aliphatic carbocycles. The van der Waals surface area contributed by atoms with Gasteiger partial charge in [-0.05, 0) is 38.9 Å². The van der Waals surface area contributed by atoms with E-state index in [0.717, 1.165) is 32.5 Å². The average Bonchev–Trinajstić information content (AvgIpc) is 2.35. The van der Waals surface area contributed by atoms with E-state index in [1.165, 1.54) is 7.11 Å². The van der Waals surface area contributed by atoms with Crippen LogP contribution < -0.4 is 5.32 Å². The van der Waals surface area contributed by atoms with Crippen molar-refractivity contribution in [3.63, 3.8) is 0 Å². The lowest BCUT2D eigenvalue weighted by Gasteiger charge is -2.28. The molecule has 0 unspecified atom stereocenters. The first-order valence-corrected chi connectivity index (χ1v) is 6.14. The quantitative estimate of drug-likeness (QED) is 0.709. The topological polar surface area (TPSA) is 58.6 Å². The van der Waals surface area contributed by atoms with E-state index in [4.69, 9.17) is 0 Å². The highest BCUT2D eigenvalue weighted by molar-refractivity contribution is 5.81. The van der Waals surface area contributed by atoms with Crippen LogP contribution in [0.3, 0.4) is 0 Å². The number of piperidine rings is 1. The number of esters is 1. The first-order chi connectivity index (χ1) is 8.11. The Morgan fingerprint density at radius 3 is 2.53 bits per heavy atom. The fourth-order valence-corrected chi connectivity index (χ4v) is 1.93. The Balaban J connectivity index is 2.09. The summed E-state index contributed by atoms with van der Waals surface area (Å²) < 4.78 is 4.48. The van der Waals surface area contributed by atoms with Gasteiger partial charge in [-0.2, -0.15) is 0 Å². The highest BCUT2D eigenvalue weighted by Crippen LogP contribution is 2.14. The number of carbonyl (C=O) groups excluding carboxylic acids is 2. The molecular weight excluding hydrogens is 220 g/mol. The monoisotopic (exact) mass is 242 g/mol. The molecule has 17 heavy (non-hydrogen) atoms. The van der Waals surface area contributed by atoms with Crippen molar-refractivity contribution in [3.8, 4) is 0 Å².